The van der Waals surface area contributed by atoms with Gasteiger partial charge < -0.3 is 4.74 Å². The van der Waals surface area contributed by atoms with E-state index in [1.807, 2.05) is 36.4 Å². The third-order valence-electron chi connectivity index (χ3n) is 6.20. The molecule has 0 aliphatic carbocycles. The lowest BCUT2D eigenvalue weighted by Gasteiger charge is -2.10. The Morgan fingerprint density at radius 2 is 1.75 bits per heavy atom. The highest BCUT2D eigenvalue weighted by Gasteiger charge is 2.06. The van der Waals surface area contributed by atoms with E-state index in [0.717, 1.165) is 53.0 Å². The molecule has 0 aliphatic rings. The number of nitrogens with zero attached hydrogens (tertiary/aromatic N) is 4. The summed E-state index contributed by atoms with van der Waals surface area (Å²) in [6.45, 7) is 2.70. The third kappa shape index (κ3) is 6.42. The standard InChI is InChI=1S/C30H29N5O/c1-22(9-18-30-32-34-35-33-30)19-25-14-11-23(12-15-25)10-13-24-5-4-7-28(20-24)36-21-27-17-16-26-6-2-3-8-29(26)31-27/h2-8,10-17,20,22H,9,18-19,21H2,1H3,(H,32,33,34,35). The van der Waals surface area contributed by atoms with Gasteiger partial charge in [-0.05, 0) is 70.1 Å². The Morgan fingerprint density at radius 3 is 2.61 bits per heavy atom. The first-order valence-corrected chi connectivity index (χ1v) is 12.3. The van der Waals surface area contributed by atoms with Crippen molar-refractivity contribution in [3.8, 4) is 5.75 Å². The highest BCUT2D eigenvalue weighted by Crippen LogP contribution is 2.19. The van der Waals surface area contributed by atoms with Gasteiger partial charge in [0.1, 0.15) is 18.2 Å². The van der Waals surface area contributed by atoms with Crippen molar-refractivity contribution < 1.29 is 4.74 Å². The first-order chi connectivity index (χ1) is 17.7. The Labute approximate surface area is 211 Å². The molecule has 36 heavy (non-hydrogen) atoms. The SMILES string of the molecule is CC(CCc1nnn[nH]1)Cc1ccc(C=Cc2cccc(OCc3ccc4ccccc4n3)c2)cc1. The second-order valence-corrected chi connectivity index (χ2v) is 9.13. The number of benzene rings is 3. The van der Waals surface area contributed by atoms with Gasteiger partial charge in [-0.25, -0.2) is 10.1 Å². The Hall–Kier alpha value is -4.32. The maximum Gasteiger partial charge on any atom is 0.148 e. The van der Waals surface area contributed by atoms with Crippen molar-refractivity contribution in [1.82, 2.24) is 25.6 Å². The summed E-state index contributed by atoms with van der Waals surface area (Å²) in [4.78, 5) is 4.69. The fourth-order valence-electron chi connectivity index (χ4n) is 4.18. The average Bonchev–Trinajstić information content (AvgIpc) is 3.44. The van der Waals surface area contributed by atoms with Crippen LogP contribution in [0, 0.1) is 5.92 Å². The van der Waals surface area contributed by atoms with Gasteiger partial charge in [0, 0.05) is 11.8 Å². The maximum absolute atomic E-state index is 6.02. The number of ether oxygens (including phenoxy) is 1. The summed E-state index contributed by atoms with van der Waals surface area (Å²) in [6.07, 6.45) is 7.21. The molecule has 5 rings (SSSR count). The molecule has 0 aliphatic heterocycles. The summed E-state index contributed by atoms with van der Waals surface area (Å²) >= 11 is 0. The number of pyridine rings is 1. The van der Waals surface area contributed by atoms with Crippen LogP contribution in [0.5, 0.6) is 5.75 Å². The Morgan fingerprint density at radius 1 is 0.889 bits per heavy atom. The first-order valence-electron chi connectivity index (χ1n) is 12.3. The predicted octanol–water partition coefficient (Wildman–Crippen LogP) is 6.31. The van der Waals surface area contributed by atoms with Crippen molar-refractivity contribution in [1.29, 1.82) is 0 Å². The second-order valence-electron chi connectivity index (χ2n) is 9.13. The molecule has 3 aromatic carbocycles. The molecule has 6 nitrogen and oxygen atoms in total. The van der Waals surface area contributed by atoms with Gasteiger partial charge in [0.25, 0.3) is 0 Å². The third-order valence-corrected chi connectivity index (χ3v) is 6.20. The monoisotopic (exact) mass is 475 g/mol. The number of tetrazole rings is 1. The molecule has 1 atom stereocenters. The van der Waals surface area contributed by atoms with Gasteiger partial charge in [0.2, 0.25) is 0 Å². The zero-order valence-corrected chi connectivity index (χ0v) is 20.3. The summed E-state index contributed by atoms with van der Waals surface area (Å²) in [5, 5.41) is 15.2. The number of hydrogen-bond acceptors (Lipinski definition) is 5. The molecule has 0 saturated carbocycles. The summed E-state index contributed by atoms with van der Waals surface area (Å²) in [6, 6.07) is 29.1. The molecule has 0 spiro atoms. The predicted molar refractivity (Wildman–Crippen MR) is 143 cm³/mol. The summed E-state index contributed by atoms with van der Waals surface area (Å²) in [5.41, 5.74) is 5.51. The van der Waals surface area contributed by atoms with Gasteiger partial charge in [0.15, 0.2) is 0 Å². The van der Waals surface area contributed by atoms with Gasteiger partial charge in [-0.15, -0.1) is 5.10 Å². The van der Waals surface area contributed by atoms with Crippen LogP contribution in [0.25, 0.3) is 23.1 Å². The zero-order valence-electron chi connectivity index (χ0n) is 20.3. The number of rotatable bonds is 10. The number of aryl methyl sites for hydroxylation is 1. The molecule has 2 aromatic heterocycles. The molecular formula is C30H29N5O. The van der Waals surface area contributed by atoms with E-state index in [1.54, 1.807) is 0 Å². The van der Waals surface area contributed by atoms with Crippen molar-refractivity contribution in [3.63, 3.8) is 0 Å². The van der Waals surface area contributed by atoms with Crippen LogP contribution >= 0.6 is 0 Å². The molecule has 0 amide bonds. The molecule has 6 heteroatoms. The normalized spacial score (nSPS) is 12.2. The van der Waals surface area contributed by atoms with Gasteiger partial charge in [-0.2, -0.15) is 0 Å². The topological polar surface area (TPSA) is 76.6 Å². The van der Waals surface area contributed by atoms with E-state index < -0.39 is 0 Å². The lowest BCUT2D eigenvalue weighted by atomic mass is 9.96. The number of hydrogen-bond donors (Lipinski definition) is 1. The van der Waals surface area contributed by atoms with Crippen LogP contribution in [-0.2, 0) is 19.4 Å². The average molecular weight is 476 g/mol. The van der Waals surface area contributed by atoms with Crippen molar-refractivity contribution in [3.05, 3.63) is 113 Å². The summed E-state index contributed by atoms with van der Waals surface area (Å²) < 4.78 is 6.02. The van der Waals surface area contributed by atoms with Crippen LogP contribution in [0.4, 0.5) is 0 Å². The number of aromatic amines is 1. The maximum atomic E-state index is 6.02. The van der Waals surface area contributed by atoms with Gasteiger partial charge in [-0.1, -0.05) is 79.7 Å². The van der Waals surface area contributed by atoms with Crippen LogP contribution in [0.1, 0.15) is 41.6 Å². The molecule has 0 bridgehead atoms. The summed E-state index contributed by atoms with van der Waals surface area (Å²) in [5.74, 6) is 2.24. The lowest BCUT2D eigenvalue weighted by molar-refractivity contribution is 0.302. The first kappa shape index (κ1) is 23.4. The highest BCUT2D eigenvalue weighted by molar-refractivity contribution is 5.78. The van der Waals surface area contributed by atoms with Crippen LogP contribution < -0.4 is 4.74 Å². The highest BCUT2D eigenvalue weighted by atomic mass is 16.5. The minimum absolute atomic E-state index is 0.438. The van der Waals surface area contributed by atoms with E-state index in [4.69, 9.17) is 4.74 Å². The largest absolute Gasteiger partial charge is 0.487 e. The van der Waals surface area contributed by atoms with Crippen molar-refractivity contribution in [2.24, 2.45) is 5.92 Å². The number of para-hydroxylation sites is 1. The van der Waals surface area contributed by atoms with E-state index in [2.05, 4.69) is 93.2 Å². The number of H-pyrrole nitrogens is 1. The second kappa shape index (κ2) is 11.4. The molecule has 5 aromatic rings. The smallest absolute Gasteiger partial charge is 0.148 e. The minimum Gasteiger partial charge on any atom is -0.487 e. The Kier molecular flexibility index (Phi) is 7.42. The van der Waals surface area contributed by atoms with Crippen LogP contribution in [0.15, 0.2) is 84.9 Å². The molecule has 180 valence electrons. The lowest BCUT2D eigenvalue weighted by Crippen LogP contribution is -2.02. The molecule has 1 N–H and O–H groups in total. The molecule has 0 radical (unpaired) electrons. The quantitative estimate of drug-likeness (QED) is 0.240. The van der Waals surface area contributed by atoms with Crippen LogP contribution in [0.3, 0.4) is 0 Å². The van der Waals surface area contributed by atoms with E-state index >= 15 is 0 Å². The Bertz CT molecular complexity index is 1430. The van der Waals surface area contributed by atoms with Crippen LogP contribution in [-0.4, -0.2) is 25.6 Å². The number of fused-ring (bicyclic) bond motifs is 1. The van der Waals surface area contributed by atoms with Crippen molar-refractivity contribution in [2.45, 2.75) is 32.8 Å². The fraction of sp³-hybridized carbons (Fsp3) is 0.200. The Balaban J connectivity index is 1.14. The zero-order chi connectivity index (χ0) is 24.6. The van der Waals surface area contributed by atoms with Crippen molar-refractivity contribution in [2.75, 3.05) is 0 Å². The van der Waals surface area contributed by atoms with Gasteiger partial charge >= 0.3 is 0 Å². The van der Waals surface area contributed by atoms with Gasteiger partial charge in [-0.3, -0.25) is 0 Å². The number of nitrogens with one attached hydrogen (secondary N) is 1. The van der Waals surface area contributed by atoms with E-state index in [1.165, 1.54) is 11.1 Å². The van der Waals surface area contributed by atoms with Crippen molar-refractivity contribution >= 4 is 23.1 Å². The number of aromatic nitrogens is 5. The molecule has 0 fully saturated rings. The van der Waals surface area contributed by atoms with Gasteiger partial charge in [0.05, 0.1) is 11.2 Å². The minimum atomic E-state index is 0.438. The van der Waals surface area contributed by atoms with E-state index in [9.17, 15) is 0 Å². The molecule has 2 heterocycles. The van der Waals surface area contributed by atoms with Crippen LogP contribution in [0.2, 0.25) is 0 Å². The molecular weight excluding hydrogens is 446 g/mol. The molecule has 0 saturated heterocycles. The molecule has 1 unspecified atom stereocenters. The van der Waals surface area contributed by atoms with E-state index in [-0.39, 0.29) is 0 Å². The summed E-state index contributed by atoms with van der Waals surface area (Å²) in [7, 11) is 0. The van der Waals surface area contributed by atoms with E-state index in [0.29, 0.717) is 12.5 Å². The fourth-order valence-corrected chi connectivity index (χ4v) is 4.18.